The highest BCUT2D eigenvalue weighted by atomic mass is 16.5. The number of carbonyl (C=O) groups is 1. The Kier molecular flexibility index (Phi) is 4.98. The first-order valence-corrected chi connectivity index (χ1v) is 7.67. The molecule has 6 heteroatoms. The van der Waals surface area contributed by atoms with Crippen molar-refractivity contribution >= 4 is 5.97 Å². The first kappa shape index (κ1) is 15.9. The van der Waals surface area contributed by atoms with Crippen molar-refractivity contribution in [2.45, 2.75) is 58.0 Å². The molecule has 0 aromatic carbocycles. The smallest absolute Gasteiger partial charge is 0.321 e. The van der Waals surface area contributed by atoms with Crippen LogP contribution in [0.5, 0.6) is 0 Å². The van der Waals surface area contributed by atoms with E-state index in [1.54, 1.807) is 14.0 Å². The number of hydrogen-bond donors (Lipinski definition) is 0. The summed E-state index contributed by atoms with van der Waals surface area (Å²) < 4.78 is 16.1. The van der Waals surface area contributed by atoms with Gasteiger partial charge in [-0.1, -0.05) is 19.0 Å². The van der Waals surface area contributed by atoms with Crippen LogP contribution in [0.3, 0.4) is 0 Å². The number of nitrogens with zero attached hydrogens (tertiary/aromatic N) is 2. The molecule has 6 nitrogen and oxygen atoms in total. The predicted octanol–water partition coefficient (Wildman–Crippen LogP) is 2.79. The van der Waals surface area contributed by atoms with Crippen LogP contribution in [-0.2, 0) is 19.7 Å². The van der Waals surface area contributed by atoms with E-state index >= 15 is 0 Å². The van der Waals surface area contributed by atoms with Gasteiger partial charge < -0.3 is 14.0 Å². The number of rotatable bonds is 8. The molecular weight excluding hydrogens is 272 g/mol. The number of esters is 1. The molecule has 118 valence electrons. The lowest BCUT2D eigenvalue weighted by Gasteiger charge is -2.24. The van der Waals surface area contributed by atoms with E-state index in [4.69, 9.17) is 14.0 Å². The first-order valence-electron chi connectivity index (χ1n) is 7.67. The summed E-state index contributed by atoms with van der Waals surface area (Å²) in [5, 5.41) is 4.03. The van der Waals surface area contributed by atoms with Crippen molar-refractivity contribution in [1.82, 2.24) is 10.1 Å². The summed E-state index contributed by atoms with van der Waals surface area (Å²) in [6.07, 6.45) is 3.21. The zero-order valence-electron chi connectivity index (χ0n) is 13.2. The molecule has 1 atom stereocenters. The van der Waals surface area contributed by atoms with Crippen molar-refractivity contribution in [3.8, 4) is 0 Å². The van der Waals surface area contributed by atoms with Gasteiger partial charge in [0.05, 0.1) is 6.61 Å². The van der Waals surface area contributed by atoms with Crippen molar-refractivity contribution in [3.63, 3.8) is 0 Å². The summed E-state index contributed by atoms with van der Waals surface area (Å²) in [6.45, 7) is 5.99. The molecule has 1 saturated carbocycles. The molecule has 1 aliphatic rings. The van der Waals surface area contributed by atoms with Gasteiger partial charge in [-0.3, -0.25) is 4.79 Å². The van der Waals surface area contributed by atoms with Gasteiger partial charge >= 0.3 is 5.97 Å². The van der Waals surface area contributed by atoms with Crippen molar-refractivity contribution < 1.29 is 18.8 Å². The van der Waals surface area contributed by atoms with Crippen LogP contribution in [0.4, 0.5) is 0 Å². The number of aromatic nitrogens is 2. The minimum absolute atomic E-state index is 0.142. The fourth-order valence-corrected chi connectivity index (χ4v) is 2.65. The zero-order valence-corrected chi connectivity index (χ0v) is 13.2. The van der Waals surface area contributed by atoms with Gasteiger partial charge in [-0.05, 0) is 38.5 Å². The second-order valence-electron chi connectivity index (χ2n) is 5.46. The SMILES string of the molecule is CCOC(=O)C(CC)(CC)c1nc(C(OC)C2CC2)no1. The van der Waals surface area contributed by atoms with Crippen LogP contribution in [0.25, 0.3) is 0 Å². The summed E-state index contributed by atoms with van der Waals surface area (Å²) in [7, 11) is 1.65. The van der Waals surface area contributed by atoms with Gasteiger partial charge in [-0.15, -0.1) is 0 Å². The second kappa shape index (κ2) is 6.56. The third-order valence-corrected chi connectivity index (χ3v) is 4.28. The second-order valence-corrected chi connectivity index (χ2v) is 5.46. The van der Waals surface area contributed by atoms with Gasteiger partial charge in [0.25, 0.3) is 0 Å². The van der Waals surface area contributed by atoms with Gasteiger partial charge in [0.15, 0.2) is 0 Å². The van der Waals surface area contributed by atoms with E-state index in [1.165, 1.54) is 0 Å². The van der Waals surface area contributed by atoms with E-state index in [2.05, 4.69) is 10.1 Å². The highest BCUT2D eigenvalue weighted by Crippen LogP contribution is 2.42. The minimum Gasteiger partial charge on any atom is -0.465 e. The molecule has 1 aliphatic carbocycles. The Morgan fingerprint density at radius 3 is 2.52 bits per heavy atom. The van der Waals surface area contributed by atoms with Gasteiger partial charge in [0.1, 0.15) is 11.5 Å². The average molecular weight is 296 g/mol. The Morgan fingerprint density at radius 1 is 1.38 bits per heavy atom. The lowest BCUT2D eigenvalue weighted by Crippen LogP contribution is -2.37. The topological polar surface area (TPSA) is 74.5 Å². The fraction of sp³-hybridized carbons (Fsp3) is 0.800. The van der Waals surface area contributed by atoms with Crippen LogP contribution in [0, 0.1) is 5.92 Å². The highest BCUT2D eigenvalue weighted by Gasteiger charge is 2.45. The molecule has 0 aliphatic heterocycles. The third kappa shape index (κ3) is 2.95. The van der Waals surface area contributed by atoms with E-state index in [9.17, 15) is 4.79 Å². The molecule has 0 spiro atoms. The quantitative estimate of drug-likeness (QED) is 0.687. The van der Waals surface area contributed by atoms with E-state index in [0.717, 1.165) is 12.8 Å². The normalized spacial score (nSPS) is 16.8. The molecule has 0 saturated heterocycles. The van der Waals surface area contributed by atoms with Gasteiger partial charge in [-0.2, -0.15) is 4.98 Å². The van der Waals surface area contributed by atoms with E-state index in [-0.39, 0.29) is 12.1 Å². The number of hydrogen-bond acceptors (Lipinski definition) is 6. The molecule has 1 fully saturated rings. The lowest BCUT2D eigenvalue weighted by atomic mass is 9.82. The Bertz CT molecular complexity index is 478. The Hall–Kier alpha value is -1.43. The molecule has 0 N–H and O–H groups in total. The molecule has 0 bridgehead atoms. The fourth-order valence-electron chi connectivity index (χ4n) is 2.65. The monoisotopic (exact) mass is 296 g/mol. The maximum atomic E-state index is 12.3. The lowest BCUT2D eigenvalue weighted by molar-refractivity contribution is -0.151. The molecule has 0 amide bonds. The number of ether oxygens (including phenoxy) is 2. The summed E-state index contributed by atoms with van der Waals surface area (Å²) in [4.78, 5) is 16.8. The van der Waals surface area contributed by atoms with Crippen LogP contribution in [-0.4, -0.2) is 29.8 Å². The summed E-state index contributed by atoms with van der Waals surface area (Å²) >= 11 is 0. The van der Waals surface area contributed by atoms with E-state index < -0.39 is 5.41 Å². The standard InChI is InChI=1S/C15H24N2O4/c1-5-15(6-2,14(18)20-7-3)13-16-12(17-21-13)11(19-4)10-8-9-10/h10-11H,5-9H2,1-4H3. The summed E-state index contributed by atoms with van der Waals surface area (Å²) in [5.74, 6) is 1.03. The molecule has 2 rings (SSSR count). The largest absolute Gasteiger partial charge is 0.465 e. The Morgan fingerprint density at radius 2 is 2.05 bits per heavy atom. The highest BCUT2D eigenvalue weighted by molar-refractivity contribution is 5.81. The average Bonchev–Trinajstić information content (AvgIpc) is 3.20. The van der Waals surface area contributed by atoms with Crippen LogP contribution >= 0.6 is 0 Å². The van der Waals surface area contributed by atoms with Crippen LogP contribution < -0.4 is 0 Å². The molecular formula is C15H24N2O4. The number of carbonyl (C=O) groups excluding carboxylic acids is 1. The Balaban J connectivity index is 2.29. The van der Waals surface area contributed by atoms with Gasteiger partial charge in [0.2, 0.25) is 11.7 Å². The first-order chi connectivity index (χ1) is 10.1. The molecule has 1 heterocycles. The molecule has 0 radical (unpaired) electrons. The van der Waals surface area contributed by atoms with E-state index in [0.29, 0.717) is 37.1 Å². The third-order valence-electron chi connectivity index (χ3n) is 4.28. The maximum absolute atomic E-state index is 12.3. The molecule has 1 aromatic heterocycles. The van der Waals surface area contributed by atoms with Gasteiger partial charge in [-0.25, -0.2) is 0 Å². The van der Waals surface area contributed by atoms with E-state index in [1.807, 2.05) is 13.8 Å². The van der Waals surface area contributed by atoms with Crippen LogP contribution in [0.1, 0.15) is 64.3 Å². The van der Waals surface area contributed by atoms with Crippen LogP contribution in [0.2, 0.25) is 0 Å². The molecule has 1 unspecified atom stereocenters. The molecule has 21 heavy (non-hydrogen) atoms. The Labute approximate surface area is 125 Å². The molecule has 1 aromatic rings. The van der Waals surface area contributed by atoms with Gasteiger partial charge in [0, 0.05) is 7.11 Å². The maximum Gasteiger partial charge on any atom is 0.321 e. The van der Waals surface area contributed by atoms with Crippen LogP contribution in [0.15, 0.2) is 4.52 Å². The zero-order chi connectivity index (χ0) is 15.5. The summed E-state index contributed by atoms with van der Waals surface area (Å²) in [5.41, 5.74) is -0.858. The minimum atomic E-state index is -0.858. The van der Waals surface area contributed by atoms with Crippen molar-refractivity contribution in [3.05, 3.63) is 11.7 Å². The van der Waals surface area contributed by atoms with Crippen molar-refractivity contribution in [2.75, 3.05) is 13.7 Å². The predicted molar refractivity (Wildman–Crippen MR) is 75.7 cm³/mol. The van der Waals surface area contributed by atoms with Crippen molar-refractivity contribution in [2.24, 2.45) is 5.92 Å². The summed E-state index contributed by atoms with van der Waals surface area (Å²) in [6, 6.07) is 0. The number of methoxy groups -OCH3 is 1. The van der Waals surface area contributed by atoms with Crippen molar-refractivity contribution in [1.29, 1.82) is 0 Å².